The van der Waals surface area contributed by atoms with Crippen molar-refractivity contribution in [1.82, 2.24) is 16.2 Å². The number of hydrogen-bond donors (Lipinski definition) is 3. The maximum Gasteiger partial charge on any atom is 0.276 e. The van der Waals surface area contributed by atoms with Crippen LogP contribution in [0.5, 0.6) is 11.5 Å². The second-order valence-electron chi connectivity index (χ2n) is 6.76. The third-order valence-corrected chi connectivity index (χ3v) is 6.37. The highest BCUT2D eigenvalue weighted by atomic mass is 79.9. The number of benzene rings is 3. The van der Waals surface area contributed by atoms with Crippen molar-refractivity contribution < 1.29 is 19.1 Å². The zero-order valence-corrected chi connectivity index (χ0v) is 22.8. The molecular weight excluding hydrogens is 642 g/mol. The van der Waals surface area contributed by atoms with E-state index in [2.05, 4.69) is 64.0 Å². The van der Waals surface area contributed by atoms with Gasteiger partial charge in [-0.25, -0.2) is 0 Å². The van der Waals surface area contributed by atoms with Crippen LogP contribution in [0.25, 0.3) is 10.8 Å². The maximum absolute atomic E-state index is 12.1. The molecule has 11 heteroatoms. The van der Waals surface area contributed by atoms with E-state index in [1.54, 1.807) is 6.07 Å². The maximum atomic E-state index is 12.1. The lowest BCUT2D eigenvalue weighted by molar-refractivity contribution is -0.124. The van der Waals surface area contributed by atoms with E-state index in [-0.39, 0.29) is 18.3 Å². The number of hydrogen-bond acceptors (Lipinski definition) is 5. The van der Waals surface area contributed by atoms with Gasteiger partial charge >= 0.3 is 0 Å². The van der Waals surface area contributed by atoms with E-state index in [4.69, 9.17) is 21.7 Å². The lowest BCUT2D eigenvalue weighted by atomic mass is 10.1. The summed E-state index contributed by atoms with van der Waals surface area (Å²) in [6, 6.07) is 15.2. The van der Waals surface area contributed by atoms with Gasteiger partial charge in [-0.3, -0.25) is 25.8 Å². The SMILES string of the molecule is Cc1cc(Br)cc(Br)c1OCC(=O)NC(=S)NNC(=O)COc1ccc2ccccc2c1Br. The van der Waals surface area contributed by atoms with E-state index in [1.165, 1.54) is 0 Å². The molecule has 0 saturated carbocycles. The molecule has 0 aromatic heterocycles. The molecule has 7 nitrogen and oxygen atoms in total. The molecule has 0 unspecified atom stereocenters. The minimum atomic E-state index is -0.479. The Hall–Kier alpha value is -2.21. The summed E-state index contributed by atoms with van der Waals surface area (Å²) in [6.45, 7) is 1.36. The van der Waals surface area contributed by atoms with Crippen molar-refractivity contribution in [3.63, 3.8) is 0 Å². The van der Waals surface area contributed by atoms with Crippen molar-refractivity contribution in [2.75, 3.05) is 13.2 Å². The van der Waals surface area contributed by atoms with Gasteiger partial charge in [0.1, 0.15) is 11.5 Å². The summed E-state index contributed by atoms with van der Waals surface area (Å²) < 4.78 is 13.5. The lowest BCUT2D eigenvalue weighted by Crippen LogP contribution is -2.50. The van der Waals surface area contributed by atoms with Gasteiger partial charge in [0.05, 0.1) is 8.95 Å². The third-order valence-electron chi connectivity index (χ3n) is 4.30. The van der Waals surface area contributed by atoms with Crippen LogP contribution in [0.4, 0.5) is 0 Å². The number of hydrazine groups is 1. The van der Waals surface area contributed by atoms with Crippen molar-refractivity contribution in [3.05, 3.63) is 67.5 Å². The van der Waals surface area contributed by atoms with Crippen molar-refractivity contribution in [1.29, 1.82) is 0 Å². The first-order valence-electron chi connectivity index (χ1n) is 9.51. The number of aryl methyl sites for hydroxylation is 1. The highest BCUT2D eigenvalue weighted by Gasteiger charge is 2.12. The largest absolute Gasteiger partial charge is 0.483 e. The topological polar surface area (TPSA) is 88.7 Å². The van der Waals surface area contributed by atoms with Crippen LogP contribution in [0.2, 0.25) is 0 Å². The molecule has 0 radical (unpaired) electrons. The number of amides is 2. The van der Waals surface area contributed by atoms with Crippen molar-refractivity contribution in [3.8, 4) is 11.5 Å². The smallest absolute Gasteiger partial charge is 0.276 e. The van der Waals surface area contributed by atoms with Gasteiger partial charge in [0.15, 0.2) is 18.3 Å². The van der Waals surface area contributed by atoms with Crippen LogP contribution >= 0.6 is 60.0 Å². The Kier molecular flexibility index (Phi) is 9.07. The fraction of sp³-hybridized carbons (Fsp3) is 0.136. The van der Waals surface area contributed by atoms with Crippen LogP contribution in [0.1, 0.15) is 5.56 Å². The summed E-state index contributed by atoms with van der Waals surface area (Å²) in [5, 5.41) is 4.38. The quantitative estimate of drug-likeness (QED) is 0.258. The van der Waals surface area contributed by atoms with E-state index >= 15 is 0 Å². The first-order chi connectivity index (χ1) is 15.7. The number of halogens is 3. The molecule has 3 rings (SSSR count). The van der Waals surface area contributed by atoms with Gasteiger partial charge in [-0.1, -0.05) is 46.3 Å². The molecule has 0 aliphatic carbocycles. The molecule has 172 valence electrons. The summed E-state index contributed by atoms with van der Waals surface area (Å²) in [4.78, 5) is 24.2. The van der Waals surface area contributed by atoms with Crippen LogP contribution < -0.4 is 25.6 Å². The molecule has 0 spiro atoms. The van der Waals surface area contributed by atoms with Gasteiger partial charge in [0, 0.05) is 4.47 Å². The molecule has 3 aromatic carbocycles. The van der Waals surface area contributed by atoms with E-state index in [0.717, 1.165) is 25.3 Å². The summed E-state index contributed by atoms with van der Waals surface area (Å²) in [6.07, 6.45) is 0. The van der Waals surface area contributed by atoms with E-state index in [9.17, 15) is 9.59 Å². The molecule has 0 heterocycles. The standard InChI is InChI=1S/C22H18Br3N3O4S/c1-12-8-14(23)9-16(24)21(12)32-10-18(29)26-22(33)28-27-19(30)11-31-17-7-6-13-4-2-3-5-15(13)20(17)25/h2-9H,10-11H2,1H3,(H,27,30)(H2,26,28,29,33). The Bertz CT molecular complexity index is 1200. The van der Waals surface area contributed by atoms with Gasteiger partial charge in [-0.05, 0) is 85.5 Å². The summed E-state index contributed by atoms with van der Waals surface area (Å²) in [5.74, 6) is 0.133. The first-order valence-corrected chi connectivity index (χ1v) is 12.3. The summed E-state index contributed by atoms with van der Waals surface area (Å²) in [7, 11) is 0. The second-order valence-corrected chi connectivity index (χ2v) is 9.73. The van der Waals surface area contributed by atoms with Crippen LogP contribution in [-0.2, 0) is 9.59 Å². The highest BCUT2D eigenvalue weighted by Crippen LogP contribution is 2.33. The van der Waals surface area contributed by atoms with Crippen molar-refractivity contribution in [2.45, 2.75) is 6.92 Å². The Morgan fingerprint density at radius 2 is 1.67 bits per heavy atom. The molecule has 2 amide bonds. The van der Waals surface area contributed by atoms with Crippen LogP contribution in [-0.4, -0.2) is 30.1 Å². The average Bonchev–Trinajstić information content (AvgIpc) is 2.76. The Labute approximate surface area is 220 Å². The zero-order valence-electron chi connectivity index (χ0n) is 17.2. The van der Waals surface area contributed by atoms with Gasteiger partial charge < -0.3 is 9.47 Å². The molecule has 0 bridgehead atoms. The number of nitrogens with one attached hydrogen (secondary N) is 3. The number of ether oxygens (including phenoxy) is 2. The van der Waals surface area contributed by atoms with Crippen molar-refractivity contribution in [2.24, 2.45) is 0 Å². The Morgan fingerprint density at radius 3 is 2.42 bits per heavy atom. The molecule has 0 aliphatic heterocycles. The molecule has 33 heavy (non-hydrogen) atoms. The number of carbonyl (C=O) groups is 2. The second kappa shape index (κ2) is 11.8. The third kappa shape index (κ3) is 7.13. The fourth-order valence-corrected chi connectivity index (χ4v) is 5.16. The van der Waals surface area contributed by atoms with Crippen LogP contribution in [0.15, 0.2) is 61.9 Å². The molecule has 0 aliphatic rings. The normalized spacial score (nSPS) is 10.4. The average molecular weight is 660 g/mol. The molecule has 0 atom stereocenters. The molecular formula is C22H18Br3N3O4S. The van der Waals surface area contributed by atoms with Crippen LogP contribution in [0.3, 0.4) is 0 Å². The number of rotatable bonds is 6. The van der Waals surface area contributed by atoms with Crippen LogP contribution in [0, 0.1) is 6.92 Å². The molecule has 0 fully saturated rings. The lowest BCUT2D eigenvalue weighted by Gasteiger charge is -2.14. The van der Waals surface area contributed by atoms with Gasteiger partial charge in [0.25, 0.3) is 11.8 Å². The van der Waals surface area contributed by atoms with Gasteiger partial charge in [-0.2, -0.15) is 0 Å². The minimum Gasteiger partial charge on any atom is -0.483 e. The molecule has 0 saturated heterocycles. The zero-order chi connectivity index (χ0) is 24.0. The van der Waals surface area contributed by atoms with Gasteiger partial charge in [0.2, 0.25) is 0 Å². The van der Waals surface area contributed by atoms with E-state index < -0.39 is 11.8 Å². The number of thiocarbonyl (C=S) groups is 1. The Balaban J connectivity index is 1.42. The fourth-order valence-electron chi connectivity index (χ4n) is 2.83. The molecule has 3 aromatic rings. The summed E-state index contributed by atoms with van der Waals surface area (Å²) >= 11 is 15.3. The summed E-state index contributed by atoms with van der Waals surface area (Å²) in [5.41, 5.74) is 5.69. The first kappa shape index (κ1) is 25.4. The van der Waals surface area contributed by atoms with Crippen molar-refractivity contribution >= 4 is 87.7 Å². The highest BCUT2D eigenvalue weighted by molar-refractivity contribution is 9.11. The predicted octanol–water partition coefficient (Wildman–Crippen LogP) is 4.92. The molecule has 3 N–H and O–H groups in total. The minimum absolute atomic E-state index is 0.0737. The Morgan fingerprint density at radius 1 is 0.939 bits per heavy atom. The number of fused-ring (bicyclic) bond motifs is 1. The van der Waals surface area contributed by atoms with E-state index in [0.29, 0.717) is 16.0 Å². The van der Waals surface area contributed by atoms with Gasteiger partial charge in [-0.15, -0.1) is 0 Å². The predicted molar refractivity (Wildman–Crippen MR) is 141 cm³/mol. The van der Waals surface area contributed by atoms with E-state index in [1.807, 2.05) is 49.4 Å². The monoisotopic (exact) mass is 657 g/mol. The number of carbonyl (C=O) groups excluding carboxylic acids is 2.